The van der Waals surface area contributed by atoms with Gasteiger partial charge in [-0.15, -0.1) is 0 Å². The number of nitrogens with one attached hydrogen (secondary N) is 1. The molecule has 1 N–H and O–H groups in total. The first-order valence-electron chi connectivity index (χ1n) is 7.62. The summed E-state index contributed by atoms with van der Waals surface area (Å²) >= 11 is 1.34. The molecule has 8 nitrogen and oxygen atoms in total. The van der Waals surface area contributed by atoms with E-state index in [2.05, 4.69) is 25.2 Å². The first kappa shape index (κ1) is 15.6. The molecule has 126 valence electrons. The number of aryl methyl sites for hydroxylation is 1. The Morgan fingerprint density at radius 3 is 2.76 bits per heavy atom. The summed E-state index contributed by atoms with van der Waals surface area (Å²) in [5, 5.41) is 8.85. The molecule has 0 radical (unpaired) electrons. The molecule has 9 heteroatoms. The lowest BCUT2D eigenvalue weighted by Crippen LogP contribution is -2.10. The molecule has 0 unspecified atom stereocenters. The molecule has 3 aromatic heterocycles. The molecule has 0 saturated carbocycles. The van der Waals surface area contributed by atoms with Gasteiger partial charge in [0.15, 0.2) is 16.6 Å². The van der Waals surface area contributed by atoms with Gasteiger partial charge in [-0.2, -0.15) is 10.1 Å². The van der Waals surface area contributed by atoms with Gasteiger partial charge in [0.2, 0.25) is 5.89 Å². The Morgan fingerprint density at radius 1 is 1.24 bits per heavy atom. The summed E-state index contributed by atoms with van der Waals surface area (Å²) < 4.78 is 6.82. The Bertz CT molecular complexity index is 1080. The number of fused-ring (bicyclic) bond motifs is 1. The Balaban J connectivity index is 1.74. The summed E-state index contributed by atoms with van der Waals surface area (Å²) in [6, 6.07) is 9.56. The summed E-state index contributed by atoms with van der Waals surface area (Å²) in [6.07, 6.45) is 1.52. The maximum Gasteiger partial charge on any atom is 0.262 e. The zero-order valence-corrected chi connectivity index (χ0v) is 14.3. The van der Waals surface area contributed by atoms with E-state index in [1.807, 2.05) is 37.3 Å². The van der Waals surface area contributed by atoms with Crippen molar-refractivity contribution in [2.24, 2.45) is 0 Å². The Kier molecular flexibility index (Phi) is 3.85. The summed E-state index contributed by atoms with van der Waals surface area (Å²) in [5.74, 6) is 1.06. The Morgan fingerprint density at radius 2 is 2.04 bits per heavy atom. The van der Waals surface area contributed by atoms with Crippen LogP contribution in [0.15, 0.2) is 51.0 Å². The van der Waals surface area contributed by atoms with E-state index < -0.39 is 0 Å². The van der Waals surface area contributed by atoms with Crippen molar-refractivity contribution < 1.29 is 4.52 Å². The smallest absolute Gasteiger partial charge is 0.262 e. The quantitative estimate of drug-likeness (QED) is 0.444. The molecule has 0 aliphatic heterocycles. The first-order valence-corrected chi connectivity index (χ1v) is 8.50. The van der Waals surface area contributed by atoms with Crippen LogP contribution in [0.25, 0.3) is 16.7 Å². The number of rotatable bonds is 4. The predicted molar refractivity (Wildman–Crippen MR) is 92.8 cm³/mol. The molecule has 1 atom stereocenters. The zero-order valence-electron chi connectivity index (χ0n) is 13.5. The molecule has 3 heterocycles. The fraction of sp³-hybridized carbons (Fsp3) is 0.188. The topological polar surface area (TPSA) is 102 Å². The molecule has 25 heavy (non-hydrogen) atoms. The van der Waals surface area contributed by atoms with E-state index >= 15 is 0 Å². The van der Waals surface area contributed by atoms with Gasteiger partial charge in [0.1, 0.15) is 5.39 Å². The van der Waals surface area contributed by atoms with Crippen LogP contribution in [0.5, 0.6) is 0 Å². The largest absolute Gasteiger partial charge is 0.338 e. The van der Waals surface area contributed by atoms with Crippen LogP contribution >= 0.6 is 11.8 Å². The molecule has 0 amide bonds. The standard InChI is InChI=1S/C16H14N6O2S/c1-9(15-18-10(2)21-24-15)25-16-19-13-12(14(23)20-16)8-17-22(13)11-6-4-3-5-7-11/h3-9H,1-2H3,(H,19,20,23)/t9-/m1/s1. The van der Waals surface area contributed by atoms with Crippen LogP contribution < -0.4 is 5.56 Å². The number of hydrogen-bond donors (Lipinski definition) is 1. The second-order valence-electron chi connectivity index (χ2n) is 5.44. The lowest BCUT2D eigenvalue weighted by atomic mass is 10.3. The number of aromatic nitrogens is 6. The molecule has 0 fully saturated rings. The third-order valence-corrected chi connectivity index (χ3v) is 4.57. The molecule has 4 rings (SSSR count). The number of benzene rings is 1. The number of H-pyrrole nitrogens is 1. The summed E-state index contributed by atoms with van der Waals surface area (Å²) in [5.41, 5.74) is 1.11. The monoisotopic (exact) mass is 354 g/mol. The fourth-order valence-electron chi connectivity index (χ4n) is 2.41. The minimum atomic E-state index is -0.233. The highest BCUT2D eigenvalue weighted by Gasteiger charge is 2.18. The fourth-order valence-corrected chi connectivity index (χ4v) is 3.23. The van der Waals surface area contributed by atoms with Crippen molar-refractivity contribution in [1.82, 2.24) is 29.9 Å². The molecular formula is C16H14N6O2S. The van der Waals surface area contributed by atoms with Crippen LogP contribution in [0.4, 0.5) is 0 Å². The minimum absolute atomic E-state index is 0.144. The summed E-state index contributed by atoms with van der Waals surface area (Å²) in [6.45, 7) is 3.67. The minimum Gasteiger partial charge on any atom is -0.338 e. The Labute approximate surface area is 146 Å². The number of nitrogens with zero attached hydrogens (tertiary/aromatic N) is 5. The van der Waals surface area contributed by atoms with Crippen molar-refractivity contribution in [2.45, 2.75) is 24.3 Å². The van der Waals surface area contributed by atoms with Crippen LogP contribution in [-0.4, -0.2) is 29.9 Å². The molecule has 4 aromatic rings. The summed E-state index contributed by atoms with van der Waals surface area (Å²) in [7, 11) is 0. The molecular weight excluding hydrogens is 340 g/mol. The number of aromatic amines is 1. The van der Waals surface area contributed by atoms with Crippen molar-refractivity contribution in [3.8, 4) is 5.69 Å². The van der Waals surface area contributed by atoms with E-state index in [-0.39, 0.29) is 10.8 Å². The first-order chi connectivity index (χ1) is 12.1. The van der Waals surface area contributed by atoms with Gasteiger partial charge >= 0.3 is 0 Å². The van der Waals surface area contributed by atoms with E-state index in [1.54, 1.807) is 11.6 Å². The lowest BCUT2D eigenvalue weighted by molar-refractivity contribution is 0.376. The van der Waals surface area contributed by atoms with Gasteiger partial charge in [-0.1, -0.05) is 35.1 Å². The molecule has 0 bridgehead atoms. The average molecular weight is 354 g/mol. The van der Waals surface area contributed by atoms with Crippen LogP contribution in [0, 0.1) is 6.92 Å². The van der Waals surface area contributed by atoms with Gasteiger partial charge in [-0.05, 0) is 26.0 Å². The average Bonchev–Trinajstić information content (AvgIpc) is 3.22. The van der Waals surface area contributed by atoms with Crippen LogP contribution in [-0.2, 0) is 0 Å². The zero-order chi connectivity index (χ0) is 17.4. The van der Waals surface area contributed by atoms with Gasteiger partial charge in [0.25, 0.3) is 5.56 Å². The molecule has 0 aliphatic rings. The molecule has 0 spiro atoms. The van der Waals surface area contributed by atoms with E-state index in [1.165, 1.54) is 18.0 Å². The van der Waals surface area contributed by atoms with Gasteiger partial charge in [0, 0.05) is 0 Å². The van der Waals surface area contributed by atoms with Crippen LogP contribution in [0.3, 0.4) is 0 Å². The highest BCUT2D eigenvalue weighted by molar-refractivity contribution is 7.99. The number of hydrogen-bond acceptors (Lipinski definition) is 7. The second kappa shape index (κ2) is 6.17. The predicted octanol–water partition coefficient (Wildman–Crippen LogP) is 2.65. The highest BCUT2D eigenvalue weighted by atomic mass is 32.2. The molecule has 0 aliphatic carbocycles. The maximum absolute atomic E-state index is 12.4. The summed E-state index contributed by atoms with van der Waals surface area (Å²) in [4.78, 5) is 23.9. The van der Waals surface area contributed by atoms with Gasteiger partial charge in [-0.25, -0.2) is 9.67 Å². The number of para-hydroxylation sites is 1. The van der Waals surface area contributed by atoms with E-state index in [0.717, 1.165) is 5.69 Å². The highest BCUT2D eigenvalue weighted by Crippen LogP contribution is 2.31. The lowest BCUT2D eigenvalue weighted by Gasteiger charge is -2.06. The van der Waals surface area contributed by atoms with Crippen LogP contribution in [0.1, 0.15) is 23.9 Å². The van der Waals surface area contributed by atoms with Crippen molar-refractivity contribution in [1.29, 1.82) is 0 Å². The molecule has 1 aromatic carbocycles. The third kappa shape index (κ3) is 2.93. The van der Waals surface area contributed by atoms with Crippen molar-refractivity contribution in [3.05, 3.63) is 58.6 Å². The normalized spacial score (nSPS) is 12.6. The van der Waals surface area contributed by atoms with Crippen LogP contribution in [0.2, 0.25) is 0 Å². The van der Waals surface area contributed by atoms with Crippen molar-refractivity contribution in [3.63, 3.8) is 0 Å². The third-order valence-electron chi connectivity index (χ3n) is 3.60. The van der Waals surface area contributed by atoms with Gasteiger partial charge in [-0.3, -0.25) is 4.79 Å². The maximum atomic E-state index is 12.4. The van der Waals surface area contributed by atoms with E-state index in [9.17, 15) is 4.79 Å². The van der Waals surface area contributed by atoms with E-state index in [0.29, 0.717) is 27.9 Å². The number of thioether (sulfide) groups is 1. The Hall–Kier alpha value is -2.94. The van der Waals surface area contributed by atoms with Crippen molar-refractivity contribution in [2.75, 3.05) is 0 Å². The van der Waals surface area contributed by atoms with E-state index in [4.69, 9.17) is 4.52 Å². The van der Waals surface area contributed by atoms with Crippen molar-refractivity contribution >= 4 is 22.8 Å². The SMILES string of the molecule is Cc1noc([C@@H](C)Sc2nc3c(cnn3-c3ccccc3)c(=O)[nH]2)n1. The second-order valence-corrected chi connectivity index (χ2v) is 6.77. The van der Waals surface area contributed by atoms with Gasteiger partial charge < -0.3 is 9.51 Å². The molecule has 0 saturated heterocycles. The van der Waals surface area contributed by atoms with Gasteiger partial charge in [0.05, 0.1) is 17.1 Å².